The summed E-state index contributed by atoms with van der Waals surface area (Å²) in [5.74, 6) is 0. The molecule has 0 aliphatic carbocycles. The van der Waals surface area contributed by atoms with Gasteiger partial charge >= 0.3 is 0 Å². The molecule has 0 saturated heterocycles. The zero-order valence-corrected chi connectivity index (χ0v) is 25.8. The first-order chi connectivity index (χ1) is 22.6. The molecular formula is C43H31N3. The van der Waals surface area contributed by atoms with Crippen molar-refractivity contribution in [3.63, 3.8) is 0 Å². The number of rotatable bonds is 3. The van der Waals surface area contributed by atoms with Crippen LogP contribution >= 0.6 is 0 Å². The Morgan fingerprint density at radius 3 is 1.80 bits per heavy atom. The summed E-state index contributed by atoms with van der Waals surface area (Å²) in [6, 6.07) is 50.9. The van der Waals surface area contributed by atoms with E-state index < -0.39 is 0 Å². The molecule has 4 heterocycles. The quantitative estimate of drug-likeness (QED) is 0.195. The summed E-state index contributed by atoms with van der Waals surface area (Å²) in [5, 5.41) is 5.16. The van der Waals surface area contributed by atoms with Crippen molar-refractivity contribution in [3.8, 4) is 28.2 Å². The Kier molecular flexibility index (Phi) is 5.06. The van der Waals surface area contributed by atoms with E-state index in [1.807, 2.05) is 0 Å². The van der Waals surface area contributed by atoms with Crippen molar-refractivity contribution in [1.82, 2.24) is 13.7 Å². The molecule has 0 fully saturated rings. The fraction of sp³-hybridized carbons (Fsp3) is 0.0698. The number of hydrogen-bond donors (Lipinski definition) is 0. The predicted octanol–water partition coefficient (Wildman–Crippen LogP) is 11.0. The van der Waals surface area contributed by atoms with Crippen LogP contribution in [-0.2, 0) is 5.41 Å². The van der Waals surface area contributed by atoms with E-state index in [0.717, 1.165) is 0 Å². The van der Waals surface area contributed by atoms with Gasteiger partial charge in [0, 0.05) is 56.3 Å². The van der Waals surface area contributed by atoms with Crippen molar-refractivity contribution in [2.24, 2.45) is 0 Å². The zero-order chi connectivity index (χ0) is 30.6. The minimum absolute atomic E-state index is 0.120. The van der Waals surface area contributed by atoms with E-state index in [-0.39, 0.29) is 5.41 Å². The molecule has 1 aliphatic heterocycles. The van der Waals surface area contributed by atoms with Crippen LogP contribution in [-0.4, -0.2) is 13.7 Å². The van der Waals surface area contributed by atoms with E-state index in [9.17, 15) is 0 Å². The number of para-hydroxylation sites is 4. The average molecular weight is 590 g/mol. The lowest BCUT2D eigenvalue weighted by Gasteiger charge is -2.32. The van der Waals surface area contributed by atoms with Crippen LogP contribution in [0.2, 0.25) is 0 Å². The molecule has 0 saturated carbocycles. The lowest BCUT2D eigenvalue weighted by atomic mass is 9.76. The van der Waals surface area contributed by atoms with Gasteiger partial charge in [-0.25, -0.2) is 0 Å². The van der Waals surface area contributed by atoms with Gasteiger partial charge in [-0.05, 0) is 65.2 Å². The van der Waals surface area contributed by atoms with E-state index in [2.05, 4.69) is 179 Å². The molecule has 46 heavy (non-hydrogen) atoms. The maximum absolute atomic E-state index is 2.50. The van der Waals surface area contributed by atoms with Crippen LogP contribution in [0.3, 0.4) is 0 Å². The van der Waals surface area contributed by atoms with Gasteiger partial charge in [-0.15, -0.1) is 0 Å². The highest BCUT2D eigenvalue weighted by molar-refractivity contribution is 6.13. The molecule has 0 spiro atoms. The Balaban J connectivity index is 1.13. The Morgan fingerprint density at radius 1 is 0.435 bits per heavy atom. The summed E-state index contributed by atoms with van der Waals surface area (Å²) in [6.07, 6.45) is 4.63. The molecule has 3 nitrogen and oxygen atoms in total. The van der Waals surface area contributed by atoms with Crippen molar-refractivity contribution in [2.75, 3.05) is 0 Å². The second-order valence-corrected chi connectivity index (χ2v) is 13.1. The first kappa shape index (κ1) is 25.5. The minimum Gasteiger partial charge on any atom is -0.321 e. The minimum atomic E-state index is -0.120. The van der Waals surface area contributed by atoms with Crippen LogP contribution in [0.5, 0.6) is 0 Å². The van der Waals surface area contributed by atoms with Gasteiger partial charge in [-0.3, -0.25) is 0 Å². The van der Waals surface area contributed by atoms with Crippen LogP contribution in [0.1, 0.15) is 25.0 Å². The van der Waals surface area contributed by atoms with Crippen molar-refractivity contribution in [2.45, 2.75) is 19.3 Å². The second kappa shape index (κ2) is 9.12. The molecule has 6 aromatic carbocycles. The summed E-state index contributed by atoms with van der Waals surface area (Å²) >= 11 is 0. The first-order valence-corrected chi connectivity index (χ1v) is 16.0. The van der Waals surface area contributed by atoms with Crippen LogP contribution in [0, 0.1) is 0 Å². The highest BCUT2D eigenvalue weighted by atomic mass is 15.1. The Hall–Kier alpha value is -5.80. The maximum Gasteiger partial charge on any atom is 0.0683 e. The van der Waals surface area contributed by atoms with Crippen LogP contribution in [0.25, 0.3) is 71.8 Å². The van der Waals surface area contributed by atoms with E-state index in [0.29, 0.717) is 0 Å². The SMILES string of the molecule is CC1(C)c2cn(-c3ccccc3)cc2-n2c3ccc(-c4ccc(-n5c6ccccc6c6ccccc65)cc4)cc3c3cccc1c32. The number of hydrogen-bond acceptors (Lipinski definition) is 0. The average Bonchev–Trinajstić information content (AvgIpc) is 3.79. The molecule has 0 bridgehead atoms. The second-order valence-electron chi connectivity index (χ2n) is 13.1. The third-order valence-electron chi connectivity index (χ3n) is 10.3. The summed E-state index contributed by atoms with van der Waals surface area (Å²) in [5.41, 5.74) is 13.7. The van der Waals surface area contributed by atoms with Gasteiger partial charge in [-0.1, -0.05) is 105 Å². The molecule has 3 aromatic heterocycles. The third-order valence-corrected chi connectivity index (χ3v) is 10.3. The smallest absolute Gasteiger partial charge is 0.0683 e. The molecule has 10 rings (SSSR count). The van der Waals surface area contributed by atoms with Crippen molar-refractivity contribution in [3.05, 3.63) is 163 Å². The lowest BCUT2D eigenvalue weighted by Crippen LogP contribution is -2.24. The lowest BCUT2D eigenvalue weighted by molar-refractivity contribution is 0.631. The largest absolute Gasteiger partial charge is 0.321 e. The van der Waals surface area contributed by atoms with E-state index in [4.69, 9.17) is 0 Å². The normalized spacial score (nSPS) is 13.6. The van der Waals surface area contributed by atoms with Gasteiger partial charge in [-0.2, -0.15) is 0 Å². The fourth-order valence-corrected chi connectivity index (χ4v) is 8.00. The Morgan fingerprint density at radius 2 is 1.07 bits per heavy atom. The zero-order valence-electron chi connectivity index (χ0n) is 25.8. The molecule has 9 aromatic rings. The molecule has 0 amide bonds. The van der Waals surface area contributed by atoms with Gasteiger partial charge in [0.1, 0.15) is 0 Å². The monoisotopic (exact) mass is 589 g/mol. The van der Waals surface area contributed by atoms with E-state index >= 15 is 0 Å². The van der Waals surface area contributed by atoms with Crippen LogP contribution in [0.15, 0.2) is 152 Å². The predicted molar refractivity (Wildman–Crippen MR) is 192 cm³/mol. The molecule has 3 heteroatoms. The number of nitrogens with zero attached hydrogens (tertiary/aromatic N) is 3. The van der Waals surface area contributed by atoms with Gasteiger partial charge in [0.2, 0.25) is 0 Å². The molecule has 0 unspecified atom stereocenters. The molecule has 0 radical (unpaired) electrons. The Bertz CT molecular complexity index is 2590. The van der Waals surface area contributed by atoms with Gasteiger partial charge in [0.25, 0.3) is 0 Å². The van der Waals surface area contributed by atoms with Gasteiger partial charge in [0.05, 0.1) is 27.8 Å². The summed E-state index contributed by atoms with van der Waals surface area (Å²) in [6.45, 7) is 4.72. The number of fused-ring (bicyclic) bond motifs is 8. The van der Waals surface area contributed by atoms with Gasteiger partial charge < -0.3 is 13.7 Å². The highest BCUT2D eigenvalue weighted by Gasteiger charge is 2.36. The van der Waals surface area contributed by atoms with Crippen LogP contribution < -0.4 is 0 Å². The first-order valence-electron chi connectivity index (χ1n) is 16.0. The topological polar surface area (TPSA) is 14.8 Å². The molecule has 1 aliphatic rings. The summed E-state index contributed by atoms with van der Waals surface area (Å²) in [7, 11) is 0. The maximum atomic E-state index is 2.50. The number of benzene rings is 6. The summed E-state index contributed by atoms with van der Waals surface area (Å²) in [4.78, 5) is 0. The molecule has 218 valence electrons. The van der Waals surface area contributed by atoms with Crippen molar-refractivity contribution in [1.29, 1.82) is 0 Å². The van der Waals surface area contributed by atoms with Crippen molar-refractivity contribution >= 4 is 43.6 Å². The number of aromatic nitrogens is 3. The molecule has 0 N–H and O–H groups in total. The van der Waals surface area contributed by atoms with E-state index in [1.54, 1.807) is 0 Å². The van der Waals surface area contributed by atoms with Gasteiger partial charge in [0.15, 0.2) is 0 Å². The third kappa shape index (κ3) is 3.37. The Labute approximate surface area is 267 Å². The van der Waals surface area contributed by atoms with Crippen LogP contribution in [0.4, 0.5) is 0 Å². The van der Waals surface area contributed by atoms with E-state index in [1.165, 1.54) is 82.9 Å². The molecular weight excluding hydrogens is 558 g/mol. The molecule has 0 atom stereocenters. The standard InChI is InChI=1S/C43H31N3/c1-43(2)36-16-10-15-34-35-25-29(21-24-40(35)46(42(34)36)41-27-44(26-37(41)43)30-11-4-3-5-12-30)28-19-22-31(23-20-28)45-38-17-8-6-13-32(38)33-14-7-9-18-39(33)45/h3-27H,1-2H3. The summed E-state index contributed by atoms with van der Waals surface area (Å²) < 4.78 is 7.15. The van der Waals surface area contributed by atoms with Crippen molar-refractivity contribution < 1.29 is 0 Å². The fourth-order valence-electron chi connectivity index (χ4n) is 8.00. The highest BCUT2D eigenvalue weighted by Crippen LogP contribution is 2.48.